The number of rotatable bonds is 6. The molecule has 1 aliphatic carbocycles. The highest BCUT2D eigenvalue weighted by Gasteiger charge is 2.27. The number of H-pyrrole nitrogens is 1. The van der Waals surface area contributed by atoms with Gasteiger partial charge in [0.2, 0.25) is 5.91 Å². The van der Waals surface area contributed by atoms with Crippen molar-refractivity contribution >= 4 is 24.0 Å². The van der Waals surface area contributed by atoms with E-state index in [-0.39, 0.29) is 18.3 Å². The van der Waals surface area contributed by atoms with Gasteiger partial charge >= 0.3 is 0 Å². The standard InChI is InChI=1S/C18H23N5O.ClH/c24-16(7-4-12-8-9-19-11-12)20-15-3-1-2-14(10-15)18-21-17(22-23-18)13-5-6-13;/h1-3,10,12-13,19H,4-9,11H2,(H,20,24)(H,21,22,23);1H. The first kappa shape index (κ1) is 17.9. The van der Waals surface area contributed by atoms with E-state index in [1.807, 2.05) is 24.3 Å². The fourth-order valence-electron chi connectivity index (χ4n) is 3.20. The van der Waals surface area contributed by atoms with E-state index in [9.17, 15) is 4.79 Å². The van der Waals surface area contributed by atoms with Crippen molar-refractivity contribution in [2.75, 3.05) is 18.4 Å². The van der Waals surface area contributed by atoms with Crippen LogP contribution in [0.15, 0.2) is 24.3 Å². The maximum Gasteiger partial charge on any atom is 0.224 e. The molecule has 0 bridgehead atoms. The summed E-state index contributed by atoms with van der Waals surface area (Å²) in [5.41, 5.74) is 1.73. The molecule has 1 saturated heterocycles. The first-order chi connectivity index (χ1) is 11.8. The van der Waals surface area contributed by atoms with E-state index in [2.05, 4.69) is 25.8 Å². The summed E-state index contributed by atoms with van der Waals surface area (Å²) in [5, 5.41) is 13.7. The van der Waals surface area contributed by atoms with E-state index in [0.29, 0.717) is 24.1 Å². The Morgan fingerprint density at radius 2 is 2.16 bits per heavy atom. The molecule has 1 unspecified atom stereocenters. The highest BCUT2D eigenvalue weighted by atomic mass is 35.5. The zero-order chi connectivity index (χ0) is 16.4. The number of aromatic amines is 1. The maximum atomic E-state index is 12.1. The normalized spacial score (nSPS) is 19.4. The van der Waals surface area contributed by atoms with Crippen molar-refractivity contribution in [2.45, 2.75) is 38.0 Å². The SMILES string of the molecule is Cl.O=C(CCC1CCNC1)Nc1cccc(-c2n[nH]c(C3CC3)n2)c1. The summed E-state index contributed by atoms with van der Waals surface area (Å²) >= 11 is 0. The van der Waals surface area contributed by atoms with Gasteiger partial charge in [-0.25, -0.2) is 4.98 Å². The van der Waals surface area contributed by atoms with Gasteiger partial charge in [0.25, 0.3) is 0 Å². The summed E-state index contributed by atoms with van der Waals surface area (Å²) in [6, 6.07) is 7.75. The van der Waals surface area contributed by atoms with Crippen LogP contribution in [0.25, 0.3) is 11.4 Å². The van der Waals surface area contributed by atoms with Crippen molar-refractivity contribution in [3.05, 3.63) is 30.1 Å². The number of halogens is 1. The number of carbonyl (C=O) groups excluding carboxylic acids is 1. The van der Waals surface area contributed by atoms with Crippen LogP contribution in [0.4, 0.5) is 5.69 Å². The number of aromatic nitrogens is 3. The zero-order valence-corrected chi connectivity index (χ0v) is 14.9. The van der Waals surface area contributed by atoms with Crippen LogP contribution in [0, 0.1) is 5.92 Å². The number of amides is 1. The molecule has 1 atom stereocenters. The Hall–Kier alpha value is -1.92. The largest absolute Gasteiger partial charge is 0.326 e. The van der Waals surface area contributed by atoms with Crippen LogP contribution in [-0.4, -0.2) is 34.2 Å². The van der Waals surface area contributed by atoms with E-state index in [1.165, 1.54) is 19.3 Å². The molecule has 134 valence electrons. The van der Waals surface area contributed by atoms with Crippen molar-refractivity contribution in [3.8, 4) is 11.4 Å². The van der Waals surface area contributed by atoms with Gasteiger partial charge in [0, 0.05) is 23.6 Å². The highest BCUT2D eigenvalue weighted by molar-refractivity contribution is 5.91. The minimum Gasteiger partial charge on any atom is -0.326 e. The molecule has 25 heavy (non-hydrogen) atoms. The van der Waals surface area contributed by atoms with Crippen LogP contribution in [0.3, 0.4) is 0 Å². The number of nitrogens with one attached hydrogen (secondary N) is 3. The minimum atomic E-state index is 0. The van der Waals surface area contributed by atoms with Gasteiger partial charge in [0.15, 0.2) is 5.82 Å². The van der Waals surface area contributed by atoms with Gasteiger partial charge in [-0.2, -0.15) is 5.10 Å². The van der Waals surface area contributed by atoms with Crippen LogP contribution in [0.1, 0.15) is 43.8 Å². The van der Waals surface area contributed by atoms with Crippen molar-refractivity contribution in [3.63, 3.8) is 0 Å². The molecule has 1 aromatic heterocycles. The molecule has 1 aromatic carbocycles. The van der Waals surface area contributed by atoms with Gasteiger partial charge < -0.3 is 10.6 Å². The maximum absolute atomic E-state index is 12.1. The predicted octanol–water partition coefficient (Wildman–Crippen LogP) is 3.10. The topological polar surface area (TPSA) is 82.7 Å². The second kappa shape index (κ2) is 7.97. The van der Waals surface area contributed by atoms with E-state index in [0.717, 1.165) is 36.6 Å². The molecule has 2 heterocycles. The van der Waals surface area contributed by atoms with E-state index in [1.54, 1.807) is 0 Å². The summed E-state index contributed by atoms with van der Waals surface area (Å²) in [6.45, 7) is 2.12. The van der Waals surface area contributed by atoms with Crippen molar-refractivity contribution < 1.29 is 4.79 Å². The Morgan fingerprint density at radius 1 is 1.28 bits per heavy atom. The third kappa shape index (κ3) is 4.58. The average Bonchev–Trinajstić information content (AvgIpc) is 3.12. The fourth-order valence-corrected chi connectivity index (χ4v) is 3.20. The van der Waals surface area contributed by atoms with Gasteiger partial charge in [0.1, 0.15) is 5.82 Å². The van der Waals surface area contributed by atoms with Gasteiger partial charge in [-0.1, -0.05) is 12.1 Å². The third-order valence-corrected chi connectivity index (χ3v) is 4.81. The Morgan fingerprint density at radius 3 is 2.92 bits per heavy atom. The van der Waals surface area contributed by atoms with Crippen LogP contribution in [0.5, 0.6) is 0 Å². The molecule has 2 fully saturated rings. The Kier molecular flexibility index (Phi) is 5.71. The number of hydrogen-bond acceptors (Lipinski definition) is 4. The van der Waals surface area contributed by atoms with Crippen LogP contribution in [0.2, 0.25) is 0 Å². The summed E-state index contributed by atoms with van der Waals surface area (Å²) in [4.78, 5) is 16.7. The second-order valence-corrected chi connectivity index (χ2v) is 6.85. The fraction of sp³-hybridized carbons (Fsp3) is 0.500. The Labute approximate surface area is 153 Å². The molecule has 1 saturated carbocycles. The second-order valence-electron chi connectivity index (χ2n) is 6.85. The average molecular weight is 362 g/mol. The van der Waals surface area contributed by atoms with Crippen LogP contribution < -0.4 is 10.6 Å². The summed E-state index contributed by atoms with van der Waals surface area (Å²) in [7, 11) is 0. The lowest BCUT2D eigenvalue weighted by molar-refractivity contribution is -0.116. The molecule has 2 aliphatic rings. The summed E-state index contributed by atoms with van der Waals surface area (Å²) in [6.07, 6.45) is 5.09. The third-order valence-electron chi connectivity index (χ3n) is 4.81. The first-order valence-corrected chi connectivity index (χ1v) is 8.81. The van der Waals surface area contributed by atoms with Gasteiger partial charge in [0.05, 0.1) is 0 Å². The molecular formula is C18H24ClN5O. The highest BCUT2D eigenvalue weighted by Crippen LogP contribution is 2.38. The quantitative estimate of drug-likeness (QED) is 0.738. The van der Waals surface area contributed by atoms with E-state index >= 15 is 0 Å². The molecule has 4 rings (SSSR count). The number of carbonyl (C=O) groups is 1. The smallest absolute Gasteiger partial charge is 0.224 e. The summed E-state index contributed by atoms with van der Waals surface area (Å²) in [5.74, 6) is 2.94. The molecular weight excluding hydrogens is 338 g/mol. The zero-order valence-electron chi connectivity index (χ0n) is 14.1. The monoisotopic (exact) mass is 361 g/mol. The van der Waals surface area contributed by atoms with Crippen molar-refractivity contribution in [2.24, 2.45) is 5.92 Å². The lowest BCUT2D eigenvalue weighted by atomic mass is 10.0. The summed E-state index contributed by atoms with van der Waals surface area (Å²) < 4.78 is 0. The molecule has 3 N–H and O–H groups in total. The lowest BCUT2D eigenvalue weighted by Gasteiger charge is -2.09. The van der Waals surface area contributed by atoms with Gasteiger partial charge in [-0.05, 0) is 56.8 Å². The van der Waals surface area contributed by atoms with Gasteiger partial charge in [-0.3, -0.25) is 9.89 Å². The molecule has 0 radical (unpaired) electrons. The number of benzene rings is 1. The van der Waals surface area contributed by atoms with Gasteiger partial charge in [-0.15, -0.1) is 12.4 Å². The molecule has 1 amide bonds. The van der Waals surface area contributed by atoms with Crippen molar-refractivity contribution in [1.82, 2.24) is 20.5 Å². The number of nitrogens with zero attached hydrogens (tertiary/aromatic N) is 2. The first-order valence-electron chi connectivity index (χ1n) is 8.81. The van der Waals surface area contributed by atoms with Crippen LogP contribution >= 0.6 is 12.4 Å². The molecule has 1 aliphatic heterocycles. The predicted molar refractivity (Wildman–Crippen MR) is 99.9 cm³/mol. The Balaban J connectivity index is 0.00000182. The molecule has 6 nitrogen and oxygen atoms in total. The molecule has 0 spiro atoms. The number of hydrogen-bond donors (Lipinski definition) is 3. The molecule has 2 aromatic rings. The van der Waals surface area contributed by atoms with E-state index in [4.69, 9.17) is 0 Å². The Bertz CT molecular complexity index is 722. The minimum absolute atomic E-state index is 0. The van der Waals surface area contributed by atoms with Crippen LogP contribution in [-0.2, 0) is 4.79 Å². The lowest BCUT2D eigenvalue weighted by Crippen LogP contribution is -2.15. The molecule has 7 heteroatoms. The van der Waals surface area contributed by atoms with Crippen molar-refractivity contribution in [1.29, 1.82) is 0 Å². The number of anilines is 1. The van der Waals surface area contributed by atoms with E-state index < -0.39 is 0 Å².